The number of carbonyl (C=O) groups is 1. The molecule has 5 nitrogen and oxygen atoms in total. The molecule has 0 saturated carbocycles. The van der Waals surface area contributed by atoms with Crippen LogP contribution in [0.3, 0.4) is 0 Å². The van der Waals surface area contributed by atoms with E-state index in [-0.39, 0.29) is 11.9 Å². The molecule has 0 radical (unpaired) electrons. The number of hydrogen-bond donors (Lipinski definition) is 1. The molecule has 0 spiro atoms. The number of aromatic amines is 1. The summed E-state index contributed by atoms with van der Waals surface area (Å²) >= 11 is 6.23. The van der Waals surface area contributed by atoms with Gasteiger partial charge in [0.2, 0.25) is 0 Å². The summed E-state index contributed by atoms with van der Waals surface area (Å²) in [4.78, 5) is 24.1. The van der Waals surface area contributed by atoms with Gasteiger partial charge in [-0.2, -0.15) is 0 Å². The molecule has 3 heterocycles. The van der Waals surface area contributed by atoms with Crippen LogP contribution in [-0.4, -0.2) is 54.6 Å². The molecule has 2 aliphatic heterocycles. The van der Waals surface area contributed by atoms with Gasteiger partial charge in [0, 0.05) is 71.8 Å². The molecule has 178 valence electrons. The Bertz CT molecular complexity index is 1360. The van der Waals surface area contributed by atoms with Crippen LogP contribution in [-0.2, 0) is 6.42 Å². The van der Waals surface area contributed by atoms with Crippen molar-refractivity contribution in [3.05, 3.63) is 95.1 Å². The Morgan fingerprint density at radius 1 is 0.914 bits per heavy atom. The Morgan fingerprint density at radius 3 is 2.57 bits per heavy atom. The van der Waals surface area contributed by atoms with Gasteiger partial charge in [-0.25, -0.2) is 0 Å². The molecular weight excluding hydrogens is 456 g/mol. The van der Waals surface area contributed by atoms with E-state index < -0.39 is 0 Å². The lowest BCUT2D eigenvalue weighted by molar-refractivity contribution is 0.0963. The van der Waals surface area contributed by atoms with Crippen LogP contribution in [0.5, 0.6) is 0 Å². The average Bonchev–Trinajstić information content (AvgIpc) is 3.38. The molecule has 0 bridgehead atoms. The molecule has 6 rings (SSSR count). The summed E-state index contributed by atoms with van der Waals surface area (Å²) in [6.07, 6.45) is 3.97. The molecule has 3 aromatic carbocycles. The Balaban J connectivity index is 1.20. The molecule has 1 atom stereocenters. The van der Waals surface area contributed by atoms with Gasteiger partial charge < -0.3 is 14.8 Å². The van der Waals surface area contributed by atoms with Gasteiger partial charge in [0.1, 0.15) is 0 Å². The number of benzene rings is 3. The third-order valence-corrected chi connectivity index (χ3v) is 7.64. The number of piperazine rings is 1. The van der Waals surface area contributed by atoms with Crippen molar-refractivity contribution in [1.29, 1.82) is 0 Å². The van der Waals surface area contributed by atoms with E-state index in [1.54, 1.807) is 6.07 Å². The first-order valence-corrected chi connectivity index (χ1v) is 12.8. The van der Waals surface area contributed by atoms with Crippen molar-refractivity contribution in [2.75, 3.05) is 42.5 Å². The molecular formula is C29H29ClN4O. The summed E-state index contributed by atoms with van der Waals surface area (Å²) in [5.41, 5.74) is 5.40. The van der Waals surface area contributed by atoms with E-state index in [0.29, 0.717) is 10.6 Å². The van der Waals surface area contributed by atoms with Crippen LogP contribution in [0.4, 0.5) is 11.4 Å². The molecule has 1 fully saturated rings. The molecule has 35 heavy (non-hydrogen) atoms. The van der Waals surface area contributed by atoms with E-state index in [4.69, 9.17) is 11.6 Å². The molecule has 4 aromatic rings. The molecule has 1 amide bonds. The maximum absolute atomic E-state index is 13.7. The number of H-pyrrole nitrogens is 1. The van der Waals surface area contributed by atoms with Crippen LogP contribution in [0.2, 0.25) is 5.02 Å². The van der Waals surface area contributed by atoms with Gasteiger partial charge in [-0.1, -0.05) is 41.9 Å². The molecule has 6 heteroatoms. The monoisotopic (exact) mass is 484 g/mol. The van der Waals surface area contributed by atoms with Gasteiger partial charge in [-0.05, 0) is 60.9 Å². The van der Waals surface area contributed by atoms with Crippen molar-refractivity contribution in [3.63, 3.8) is 0 Å². The van der Waals surface area contributed by atoms with E-state index in [1.807, 2.05) is 35.4 Å². The van der Waals surface area contributed by atoms with Crippen LogP contribution in [0.15, 0.2) is 79.0 Å². The van der Waals surface area contributed by atoms with Crippen LogP contribution in [0.1, 0.15) is 22.3 Å². The number of hydrogen-bond acceptors (Lipinski definition) is 3. The number of rotatable bonds is 4. The number of carbonyl (C=O) groups excluding carboxylic acids is 1. The van der Waals surface area contributed by atoms with E-state index >= 15 is 0 Å². The zero-order valence-corrected chi connectivity index (χ0v) is 20.4. The zero-order valence-electron chi connectivity index (χ0n) is 19.7. The normalized spacial score (nSPS) is 18.6. The minimum absolute atomic E-state index is 0.0300. The molecule has 1 saturated heterocycles. The van der Waals surface area contributed by atoms with Gasteiger partial charge in [-0.3, -0.25) is 9.69 Å². The fraction of sp³-hybridized carbons (Fsp3) is 0.276. The summed E-state index contributed by atoms with van der Waals surface area (Å²) in [5, 5.41) is 1.87. The predicted molar refractivity (Wildman–Crippen MR) is 144 cm³/mol. The van der Waals surface area contributed by atoms with Crippen LogP contribution in [0, 0.1) is 0 Å². The second-order valence-corrected chi connectivity index (χ2v) is 9.95. The van der Waals surface area contributed by atoms with Crippen molar-refractivity contribution in [3.8, 4) is 0 Å². The standard InChI is InChI=1S/C29H29ClN4O/c30-23-7-3-6-22(19-23)29(35)34-24(12-11-21-5-1-2-9-27(21)34)20-32-15-17-33(18-16-32)28-10-4-8-26-25(28)13-14-31-26/h1-10,13-14,19,24,31H,11-12,15-18,20H2. The second-order valence-electron chi connectivity index (χ2n) is 9.51. The lowest BCUT2D eigenvalue weighted by Gasteiger charge is -2.42. The fourth-order valence-electron chi connectivity index (χ4n) is 5.63. The van der Waals surface area contributed by atoms with Crippen LogP contribution >= 0.6 is 11.6 Å². The number of anilines is 2. The highest BCUT2D eigenvalue weighted by Gasteiger charge is 2.33. The van der Waals surface area contributed by atoms with Crippen molar-refractivity contribution in [1.82, 2.24) is 9.88 Å². The summed E-state index contributed by atoms with van der Waals surface area (Å²) in [6, 6.07) is 24.4. The van der Waals surface area contributed by atoms with E-state index in [9.17, 15) is 4.79 Å². The first kappa shape index (κ1) is 22.2. The molecule has 2 aliphatic rings. The van der Waals surface area contributed by atoms with Gasteiger partial charge in [0.15, 0.2) is 0 Å². The van der Waals surface area contributed by atoms with E-state index in [0.717, 1.165) is 51.3 Å². The summed E-state index contributed by atoms with van der Waals surface area (Å²) < 4.78 is 0. The summed E-state index contributed by atoms with van der Waals surface area (Å²) in [5.74, 6) is 0.0300. The van der Waals surface area contributed by atoms with Crippen molar-refractivity contribution in [2.45, 2.75) is 18.9 Å². The Labute approximate surface area is 210 Å². The lowest BCUT2D eigenvalue weighted by Crippen LogP contribution is -2.54. The van der Waals surface area contributed by atoms with Gasteiger partial charge in [-0.15, -0.1) is 0 Å². The van der Waals surface area contributed by atoms with Crippen LogP contribution in [0.25, 0.3) is 10.9 Å². The predicted octanol–water partition coefficient (Wildman–Crippen LogP) is 5.61. The largest absolute Gasteiger partial charge is 0.368 e. The number of aromatic nitrogens is 1. The van der Waals surface area contributed by atoms with Crippen molar-refractivity contribution < 1.29 is 4.79 Å². The highest BCUT2D eigenvalue weighted by atomic mass is 35.5. The molecule has 1 unspecified atom stereocenters. The van der Waals surface area contributed by atoms with Crippen LogP contribution < -0.4 is 9.80 Å². The number of amides is 1. The SMILES string of the molecule is O=C(c1cccc(Cl)c1)N1c2ccccc2CCC1CN1CCN(c2cccc3[nH]ccc23)CC1. The number of fused-ring (bicyclic) bond motifs is 2. The number of aryl methyl sites for hydroxylation is 1. The van der Waals surface area contributed by atoms with E-state index in [1.165, 1.54) is 22.2 Å². The summed E-state index contributed by atoms with van der Waals surface area (Å²) in [6.45, 7) is 4.81. The Morgan fingerprint density at radius 2 is 1.71 bits per heavy atom. The third-order valence-electron chi connectivity index (χ3n) is 7.41. The van der Waals surface area contributed by atoms with Gasteiger partial charge in [0.25, 0.3) is 5.91 Å². The molecule has 1 aromatic heterocycles. The minimum atomic E-state index is 0.0300. The van der Waals surface area contributed by atoms with Crippen molar-refractivity contribution in [2.24, 2.45) is 0 Å². The number of nitrogens with zero attached hydrogens (tertiary/aromatic N) is 3. The first-order chi connectivity index (χ1) is 17.2. The fourth-order valence-corrected chi connectivity index (χ4v) is 5.82. The first-order valence-electron chi connectivity index (χ1n) is 12.4. The minimum Gasteiger partial charge on any atom is -0.368 e. The smallest absolute Gasteiger partial charge is 0.258 e. The Hall–Kier alpha value is -3.28. The highest BCUT2D eigenvalue weighted by Crippen LogP contribution is 2.33. The van der Waals surface area contributed by atoms with Crippen molar-refractivity contribution >= 4 is 39.8 Å². The van der Waals surface area contributed by atoms with Gasteiger partial charge in [0.05, 0.1) is 6.04 Å². The molecule has 1 N–H and O–H groups in total. The number of nitrogens with one attached hydrogen (secondary N) is 1. The molecule has 0 aliphatic carbocycles. The quantitative estimate of drug-likeness (QED) is 0.409. The van der Waals surface area contributed by atoms with E-state index in [2.05, 4.69) is 57.2 Å². The maximum Gasteiger partial charge on any atom is 0.258 e. The maximum atomic E-state index is 13.7. The number of para-hydroxylation sites is 1. The third kappa shape index (κ3) is 4.30. The van der Waals surface area contributed by atoms with Gasteiger partial charge >= 0.3 is 0 Å². The highest BCUT2D eigenvalue weighted by molar-refractivity contribution is 6.31. The lowest BCUT2D eigenvalue weighted by atomic mass is 9.94. The summed E-state index contributed by atoms with van der Waals surface area (Å²) in [7, 11) is 0. The second kappa shape index (κ2) is 9.40. The zero-order chi connectivity index (χ0) is 23.8. The number of halogens is 1. The Kier molecular flexibility index (Phi) is 5.96. The topological polar surface area (TPSA) is 42.6 Å². The average molecular weight is 485 g/mol.